The number of furan rings is 1. The first-order valence-electron chi connectivity index (χ1n) is 9.32. The highest BCUT2D eigenvalue weighted by atomic mass is 32.2. The van der Waals surface area contributed by atoms with Crippen molar-refractivity contribution < 1.29 is 17.6 Å². The number of rotatable bonds is 3. The van der Waals surface area contributed by atoms with Gasteiger partial charge in [0.2, 0.25) is 0 Å². The summed E-state index contributed by atoms with van der Waals surface area (Å²) in [6.07, 6.45) is 1.12. The fourth-order valence-electron chi connectivity index (χ4n) is 4.12. The summed E-state index contributed by atoms with van der Waals surface area (Å²) in [6, 6.07) is 12.5. The van der Waals surface area contributed by atoms with Crippen LogP contribution in [0.5, 0.6) is 0 Å². The first-order valence-corrected chi connectivity index (χ1v) is 11.7. The number of carbonyl (C=O) groups excluding carboxylic acids is 1. The molecule has 5 nitrogen and oxygen atoms in total. The van der Waals surface area contributed by atoms with Gasteiger partial charge in [0, 0.05) is 29.0 Å². The van der Waals surface area contributed by atoms with Gasteiger partial charge >= 0.3 is 0 Å². The molecule has 2 aromatic heterocycles. The maximum absolute atomic E-state index is 12.9. The molecule has 29 heavy (non-hydrogen) atoms. The maximum atomic E-state index is 12.9. The summed E-state index contributed by atoms with van der Waals surface area (Å²) in [5.74, 6) is 0.724. The fourth-order valence-corrected chi connectivity index (χ4v) is 6.18. The van der Waals surface area contributed by atoms with Gasteiger partial charge in [0.25, 0.3) is 10.0 Å². The Morgan fingerprint density at radius 3 is 2.52 bits per heavy atom. The number of hydrogen-bond donors (Lipinski definition) is 1. The minimum absolute atomic E-state index is 0.0392. The van der Waals surface area contributed by atoms with Crippen molar-refractivity contribution in [2.75, 3.05) is 4.72 Å². The smallest absolute Gasteiger partial charge is 0.271 e. The summed E-state index contributed by atoms with van der Waals surface area (Å²) >= 11 is 1.16. The summed E-state index contributed by atoms with van der Waals surface area (Å²) in [4.78, 5) is 12.9. The summed E-state index contributed by atoms with van der Waals surface area (Å²) in [5.41, 5.74) is 1.51. The lowest BCUT2D eigenvalue weighted by atomic mass is 9.76. The Morgan fingerprint density at radius 1 is 1.03 bits per heavy atom. The average molecular weight is 426 g/mol. The number of hydrogen-bond acceptors (Lipinski definition) is 5. The zero-order valence-electron chi connectivity index (χ0n) is 16.0. The second-order valence-corrected chi connectivity index (χ2v) is 11.1. The van der Waals surface area contributed by atoms with Crippen LogP contribution in [-0.4, -0.2) is 14.2 Å². The molecule has 2 heterocycles. The third-order valence-electron chi connectivity index (χ3n) is 5.33. The number of fused-ring (bicyclic) bond motifs is 5. The summed E-state index contributed by atoms with van der Waals surface area (Å²) in [7, 11) is -3.71. The molecule has 0 amide bonds. The van der Waals surface area contributed by atoms with Crippen LogP contribution in [0.25, 0.3) is 21.7 Å². The highest BCUT2D eigenvalue weighted by molar-refractivity contribution is 7.94. The molecular formula is C22H19NO4S2. The van der Waals surface area contributed by atoms with E-state index < -0.39 is 10.0 Å². The van der Waals surface area contributed by atoms with Crippen molar-refractivity contribution in [3.63, 3.8) is 0 Å². The van der Waals surface area contributed by atoms with Crippen LogP contribution in [0.3, 0.4) is 0 Å². The highest BCUT2D eigenvalue weighted by Crippen LogP contribution is 2.43. The lowest BCUT2D eigenvalue weighted by molar-refractivity contribution is 0.0906. The predicted octanol–water partition coefficient (Wildman–Crippen LogP) is 5.60. The lowest BCUT2D eigenvalue weighted by Gasteiger charge is -2.27. The number of thiophene rings is 1. The predicted molar refractivity (Wildman–Crippen MR) is 115 cm³/mol. The zero-order chi connectivity index (χ0) is 20.4. The molecule has 0 bridgehead atoms. The molecular weight excluding hydrogens is 406 g/mol. The van der Waals surface area contributed by atoms with E-state index in [0.29, 0.717) is 40.8 Å². The number of carbonyl (C=O) groups is 1. The number of Topliss-reactive ketones (excluding diaryl/α,β-unsaturated/α-hetero) is 1. The molecule has 0 aliphatic heterocycles. The number of sulfonamides is 1. The number of anilines is 1. The van der Waals surface area contributed by atoms with Crippen molar-refractivity contribution in [2.24, 2.45) is 5.41 Å². The molecule has 148 valence electrons. The van der Waals surface area contributed by atoms with Gasteiger partial charge in [0.15, 0.2) is 5.78 Å². The Bertz CT molecular complexity index is 1380. The van der Waals surface area contributed by atoms with E-state index in [1.165, 1.54) is 0 Å². The Balaban J connectivity index is 1.77. The minimum atomic E-state index is -3.71. The van der Waals surface area contributed by atoms with E-state index in [0.717, 1.165) is 22.1 Å². The van der Waals surface area contributed by atoms with Crippen molar-refractivity contribution >= 4 is 54.6 Å². The molecule has 0 saturated heterocycles. The Hall–Kier alpha value is -2.64. The average Bonchev–Trinajstić information content (AvgIpc) is 3.29. The van der Waals surface area contributed by atoms with Crippen molar-refractivity contribution in [1.82, 2.24) is 0 Å². The first-order chi connectivity index (χ1) is 13.8. The molecule has 0 spiro atoms. The zero-order valence-corrected chi connectivity index (χ0v) is 17.6. The standard InChI is InChI=1S/C22H19NO4S2/c1-22(2)11-17(24)20-15-10-16(23-29(25,26)19-8-5-9-28-19)13-6-3-4-7-14(13)21(15)27-18(20)12-22/h3-10,23H,11-12H2,1-2H3. The van der Waals surface area contributed by atoms with Gasteiger partial charge in [-0.2, -0.15) is 0 Å². The van der Waals surface area contributed by atoms with Crippen LogP contribution in [0.15, 0.2) is 56.5 Å². The van der Waals surface area contributed by atoms with Crippen LogP contribution in [0.2, 0.25) is 0 Å². The van der Waals surface area contributed by atoms with E-state index in [-0.39, 0.29) is 15.4 Å². The molecule has 0 saturated carbocycles. The summed E-state index contributed by atoms with van der Waals surface area (Å²) in [5, 5.41) is 3.91. The van der Waals surface area contributed by atoms with Gasteiger partial charge < -0.3 is 4.42 Å². The molecule has 7 heteroatoms. The highest BCUT2D eigenvalue weighted by Gasteiger charge is 2.36. The SMILES string of the molecule is CC1(C)CC(=O)c2c(oc3c2cc(NS(=O)(=O)c2cccs2)c2ccccc23)C1. The molecule has 2 aromatic carbocycles. The van der Waals surface area contributed by atoms with E-state index in [9.17, 15) is 13.2 Å². The molecule has 1 aliphatic rings. The molecule has 0 radical (unpaired) electrons. The Morgan fingerprint density at radius 2 is 1.79 bits per heavy atom. The van der Waals surface area contributed by atoms with Crippen LogP contribution < -0.4 is 4.72 Å². The summed E-state index contributed by atoms with van der Waals surface area (Å²) < 4.78 is 34.8. The van der Waals surface area contributed by atoms with Crippen molar-refractivity contribution in [3.05, 3.63) is 59.2 Å². The quantitative estimate of drug-likeness (QED) is 0.463. The third-order valence-corrected chi connectivity index (χ3v) is 8.09. The van der Waals surface area contributed by atoms with E-state index >= 15 is 0 Å². The minimum Gasteiger partial charge on any atom is -0.460 e. The molecule has 1 aliphatic carbocycles. The second kappa shape index (κ2) is 6.18. The van der Waals surface area contributed by atoms with Gasteiger partial charge in [-0.1, -0.05) is 44.2 Å². The Labute approximate surface area is 172 Å². The normalized spacial score (nSPS) is 16.3. The van der Waals surface area contributed by atoms with Gasteiger partial charge in [-0.3, -0.25) is 9.52 Å². The third kappa shape index (κ3) is 2.96. The monoisotopic (exact) mass is 425 g/mol. The molecule has 0 atom stereocenters. The van der Waals surface area contributed by atoms with E-state index in [1.54, 1.807) is 23.6 Å². The van der Waals surface area contributed by atoms with E-state index in [1.807, 2.05) is 24.3 Å². The lowest BCUT2D eigenvalue weighted by Crippen LogP contribution is -2.25. The van der Waals surface area contributed by atoms with Crippen molar-refractivity contribution in [3.8, 4) is 0 Å². The van der Waals surface area contributed by atoms with Crippen LogP contribution >= 0.6 is 11.3 Å². The topological polar surface area (TPSA) is 76.4 Å². The molecule has 4 aromatic rings. The molecule has 0 fully saturated rings. The first kappa shape index (κ1) is 18.4. The van der Waals surface area contributed by atoms with Gasteiger partial charge in [-0.15, -0.1) is 11.3 Å². The van der Waals surface area contributed by atoms with Gasteiger partial charge in [-0.25, -0.2) is 8.42 Å². The molecule has 1 N–H and O–H groups in total. The van der Waals surface area contributed by atoms with Gasteiger partial charge in [0.1, 0.15) is 15.6 Å². The molecule has 0 unspecified atom stereocenters. The number of benzene rings is 2. The van der Waals surface area contributed by atoms with Crippen LogP contribution in [0, 0.1) is 5.41 Å². The van der Waals surface area contributed by atoms with Crippen molar-refractivity contribution in [2.45, 2.75) is 30.9 Å². The van der Waals surface area contributed by atoms with Crippen molar-refractivity contribution in [1.29, 1.82) is 0 Å². The van der Waals surface area contributed by atoms with Crippen LogP contribution in [-0.2, 0) is 16.4 Å². The maximum Gasteiger partial charge on any atom is 0.271 e. The van der Waals surface area contributed by atoms with Gasteiger partial charge in [0.05, 0.1) is 11.3 Å². The van der Waals surface area contributed by atoms with Crippen LogP contribution in [0.1, 0.15) is 36.4 Å². The van der Waals surface area contributed by atoms with E-state index in [2.05, 4.69) is 18.6 Å². The molecule has 5 rings (SSSR count). The van der Waals surface area contributed by atoms with Gasteiger partial charge in [-0.05, 0) is 22.9 Å². The number of nitrogens with one attached hydrogen (secondary N) is 1. The fraction of sp³-hybridized carbons (Fsp3) is 0.227. The van der Waals surface area contributed by atoms with Crippen LogP contribution in [0.4, 0.5) is 5.69 Å². The Kier molecular flexibility index (Phi) is 3.92. The second-order valence-electron chi connectivity index (χ2n) is 8.23. The largest absolute Gasteiger partial charge is 0.460 e. The van der Waals surface area contributed by atoms with E-state index in [4.69, 9.17) is 4.42 Å². The number of ketones is 1. The summed E-state index contributed by atoms with van der Waals surface area (Å²) in [6.45, 7) is 4.11.